The van der Waals surface area contributed by atoms with Crippen LogP contribution in [0.25, 0.3) is 22.4 Å². The van der Waals surface area contributed by atoms with Crippen LogP contribution in [0.15, 0.2) is 59.6 Å². The molecule has 0 fully saturated rings. The lowest BCUT2D eigenvalue weighted by Gasteiger charge is -2.09. The molecule has 0 aliphatic carbocycles. The molecule has 27 heavy (non-hydrogen) atoms. The number of aromatic nitrogens is 1. The van der Waals surface area contributed by atoms with Crippen LogP contribution in [0, 0.1) is 11.3 Å². The Morgan fingerprint density at radius 3 is 1.96 bits per heavy atom. The van der Waals surface area contributed by atoms with Gasteiger partial charge < -0.3 is 9.47 Å². The van der Waals surface area contributed by atoms with Gasteiger partial charge in [0.2, 0.25) is 5.69 Å². The predicted molar refractivity (Wildman–Crippen MR) is 108 cm³/mol. The number of rotatable bonds is 6. The first-order valence-corrected chi connectivity index (χ1v) is 9.60. The Labute approximate surface area is 163 Å². The van der Waals surface area contributed by atoms with Crippen molar-refractivity contribution in [2.45, 2.75) is 11.9 Å². The van der Waals surface area contributed by atoms with Crippen molar-refractivity contribution in [3.8, 4) is 40.0 Å². The summed E-state index contributed by atoms with van der Waals surface area (Å²) in [5.74, 6) is 2.48. The molecule has 136 valence electrons. The third kappa shape index (κ3) is 4.07. The van der Waals surface area contributed by atoms with Crippen molar-refractivity contribution in [1.82, 2.24) is 0 Å². The van der Waals surface area contributed by atoms with Crippen LogP contribution in [0.5, 0.6) is 11.5 Å². The summed E-state index contributed by atoms with van der Waals surface area (Å²) in [7, 11) is 3.30. The molecular formula is C22H21N2O2S+. The minimum absolute atomic E-state index is 0.657. The van der Waals surface area contributed by atoms with E-state index in [1.54, 1.807) is 26.0 Å². The molecule has 0 unspecified atom stereocenters. The summed E-state index contributed by atoms with van der Waals surface area (Å²) in [6, 6.07) is 20.1. The number of H-pyrrole nitrogens is 1. The third-order valence-electron chi connectivity index (χ3n) is 4.24. The van der Waals surface area contributed by atoms with Crippen molar-refractivity contribution in [3.63, 3.8) is 0 Å². The molecule has 0 bridgehead atoms. The van der Waals surface area contributed by atoms with Gasteiger partial charge in [-0.05, 0) is 42.0 Å². The number of aromatic amines is 1. The van der Waals surface area contributed by atoms with Gasteiger partial charge in [0.15, 0.2) is 0 Å². The van der Waals surface area contributed by atoms with E-state index >= 15 is 0 Å². The van der Waals surface area contributed by atoms with E-state index in [9.17, 15) is 5.26 Å². The smallest absolute Gasteiger partial charge is 0.257 e. The summed E-state index contributed by atoms with van der Waals surface area (Å²) in [6.07, 6.45) is 0. The van der Waals surface area contributed by atoms with Gasteiger partial charge in [-0.1, -0.05) is 30.8 Å². The molecule has 0 aliphatic heterocycles. The van der Waals surface area contributed by atoms with Gasteiger partial charge in [-0.25, -0.2) is 0 Å². The molecule has 3 rings (SSSR count). The fourth-order valence-corrected chi connectivity index (χ4v) is 3.62. The largest absolute Gasteiger partial charge is 0.497 e. The maximum absolute atomic E-state index is 9.79. The Morgan fingerprint density at radius 1 is 0.926 bits per heavy atom. The van der Waals surface area contributed by atoms with E-state index in [-0.39, 0.29) is 0 Å². The standard InChI is InChI=1S/C22H20N2O2S/c1-4-27-22-20(14-23)19(15-5-9-17(25-2)10-6-15)13-21(24-22)16-7-11-18(26-3)12-8-16/h5-13H,4H2,1-3H3/p+1. The van der Waals surface area contributed by atoms with Crippen molar-refractivity contribution >= 4 is 11.8 Å². The number of pyridine rings is 1. The van der Waals surface area contributed by atoms with Crippen LogP contribution < -0.4 is 14.5 Å². The number of methoxy groups -OCH3 is 2. The Bertz CT molecular complexity index is 961. The molecule has 0 saturated heterocycles. The van der Waals surface area contributed by atoms with E-state index in [0.717, 1.165) is 44.7 Å². The summed E-state index contributed by atoms with van der Waals surface area (Å²) in [4.78, 5) is 3.43. The number of thioether (sulfide) groups is 1. The maximum atomic E-state index is 9.79. The summed E-state index contributed by atoms with van der Waals surface area (Å²) in [6.45, 7) is 2.08. The number of nitriles is 1. The topological polar surface area (TPSA) is 56.4 Å². The second-order valence-corrected chi connectivity index (χ2v) is 7.08. The minimum Gasteiger partial charge on any atom is -0.497 e. The molecule has 0 aliphatic rings. The second-order valence-electron chi connectivity index (χ2n) is 5.80. The molecule has 3 aromatic rings. The molecular weight excluding hydrogens is 356 g/mol. The van der Waals surface area contributed by atoms with Crippen molar-refractivity contribution in [3.05, 3.63) is 60.2 Å². The molecule has 2 aromatic carbocycles. The average Bonchev–Trinajstić information content (AvgIpc) is 2.73. The molecule has 5 heteroatoms. The molecule has 0 atom stereocenters. The van der Waals surface area contributed by atoms with Crippen molar-refractivity contribution in [2.75, 3.05) is 20.0 Å². The van der Waals surface area contributed by atoms with Crippen molar-refractivity contribution in [2.24, 2.45) is 0 Å². The van der Waals surface area contributed by atoms with Crippen LogP contribution in [0.4, 0.5) is 0 Å². The molecule has 1 heterocycles. The molecule has 0 amide bonds. The Balaban J connectivity index is 2.17. The Morgan fingerprint density at radius 2 is 1.48 bits per heavy atom. The zero-order valence-corrected chi connectivity index (χ0v) is 16.4. The van der Waals surface area contributed by atoms with E-state index in [1.807, 2.05) is 54.6 Å². The zero-order chi connectivity index (χ0) is 19.2. The van der Waals surface area contributed by atoms with Crippen LogP contribution in [0.1, 0.15) is 12.5 Å². The lowest BCUT2D eigenvalue weighted by Crippen LogP contribution is -2.14. The molecule has 0 spiro atoms. The van der Waals surface area contributed by atoms with E-state index in [0.29, 0.717) is 5.56 Å². The minimum atomic E-state index is 0.657. The van der Waals surface area contributed by atoms with Gasteiger partial charge in [0.05, 0.1) is 14.2 Å². The fourth-order valence-electron chi connectivity index (χ4n) is 2.85. The van der Waals surface area contributed by atoms with Crippen molar-refractivity contribution < 1.29 is 14.5 Å². The summed E-state index contributed by atoms with van der Waals surface area (Å²) in [5, 5.41) is 10.7. The zero-order valence-electron chi connectivity index (χ0n) is 15.6. The van der Waals surface area contributed by atoms with Crippen LogP contribution in [-0.2, 0) is 0 Å². The monoisotopic (exact) mass is 377 g/mol. The quantitative estimate of drug-likeness (QED) is 0.577. The van der Waals surface area contributed by atoms with E-state index in [1.165, 1.54) is 0 Å². The normalized spacial score (nSPS) is 10.3. The SMILES string of the molecule is CCSc1[nH+]c(-c2ccc(OC)cc2)cc(-c2ccc(OC)cc2)c1C#N. The third-order valence-corrected chi connectivity index (χ3v) is 5.12. The fraction of sp³-hybridized carbons (Fsp3) is 0.182. The molecule has 0 radical (unpaired) electrons. The van der Waals surface area contributed by atoms with Crippen LogP contribution >= 0.6 is 11.8 Å². The number of nitrogens with zero attached hydrogens (tertiary/aromatic N) is 1. The Kier molecular flexibility index (Phi) is 6.00. The van der Waals surface area contributed by atoms with Gasteiger partial charge in [0, 0.05) is 22.9 Å². The van der Waals surface area contributed by atoms with Crippen molar-refractivity contribution in [1.29, 1.82) is 5.26 Å². The van der Waals surface area contributed by atoms with Gasteiger partial charge in [-0.15, -0.1) is 0 Å². The van der Waals surface area contributed by atoms with Gasteiger partial charge in [-0.3, -0.25) is 0 Å². The first kappa shape index (κ1) is 18.8. The molecule has 1 N–H and O–H groups in total. The summed E-state index contributed by atoms with van der Waals surface area (Å²) in [5.41, 5.74) is 4.53. The number of benzene rings is 2. The molecule has 4 nitrogen and oxygen atoms in total. The van der Waals surface area contributed by atoms with Gasteiger partial charge in [0.25, 0.3) is 5.03 Å². The maximum Gasteiger partial charge on any atom is 0.257 e. The molecule has 1 aromatic heterocycles. The highest BCUT2D eigenvalue weighted by Crippen LogP contribution is 2.33. The van der Waals surface area contributed by atoms with Crippen LogP contribution in [0.2, 0.25) is 0 Å². The number of hydrogen-bond donors (Lipinski definition) is 0. The lowest BCUT2D eigenvalue weighted by molar-refractivity contribution is -0.414. The summed E-state index contributed by atoms with van der Waals surface area (Å²) >= 11 is 1.63. The van der Waals surface area contributed by atoms with Gasteiger partial charge in [0.1, 0.15) is 23.1 Å². The van der Waals surface area contributed by atoms with E-state index < -0.39 is 0 Å². The lowest BCUT2D eigenvalue weighted by atomic mass is 9.99. The van der Waals surface area contributed by atoms with Crippen LogP contribution in [0.3, 0.4) is 0 Å². The predicted octanol–water partition coefficient (Wildman–Crippen LogP) is 4.84. The van der Waals surface area contributed by atoms with E-state index in [4.69, 9.17) is 9.47 Å². The number of nitrogens with one attached hydrogen (secondary N) is 1. The molecule has 0 saturated carbocycles. The first-order valence-electron chi connectivity index (χ1n) is 8.62. The Hall–Kier alpha value is -2.97. The van der Waals surface area contributed by atoms with Gasteiger partial charge >= 0.3 is 0 Å². The van der Waals surface area contributed by atoms with Gasteiger partial charge in [-0.2, -0.15) is 10.2 Å². The second kappa shape index (κ2) is 8.61. The highest BCUT2D eigenvalue weighted by atomic mass is 32.2. The number of ether oxygens (including phenoxy) is 2. The highest BCUT2D eigenvalue weighted by Gasteiger charge is 2.21. The average molecular weight is 377 g/mol. The van der Waals surface area contributed by atoms with E-state index in [2.05, 4.69) is 18.0 Å². The highest BCUT2D eigenvalue weighted by molar-refractivity contribution is 7.99. The first-order chi connectivity index (χ1) is 13.2. The summed E-state index contributed by atoms with van der Waals surface area (Å²) < 4.78 is 10.5. The van der Waals surface area contributed by atoms with Crippen LogP contribution in [-0.4, -0.2) is 20.0 Å². The number of hydrogen-bond acceptors (Lipinski definition) is 4.